The predicted octanol–water partition coefficient (Wildman–Crippen LogP) is 3.23. The van der Waals surface area contributed by atoms with Crippen molar-refractivity contribution >= 4 is 11.6 Å². The molecule has 1 aromatic carbocycles. The highest BCUT2D eigenvalue weighted by atomic mass is 35.5. The summed E-state index contributed by atoms with van der Waals surface area (Å²) in [4.78, 5) is 4.22. The number of fused-ring (bicyclic) bond motifs is 1. The highest BCUT2D eigenvalue weighted by Crippen LogP contribution is 2.29. The first-order valence-electron chi connectivity index (χ1n) is 7.31. The van der Waals surface area contributed by atoms with Crippen LogP contribution in [0.5, 0.6) is 0 Å². The van der Waals surface area contributed by atoms with Crippen LogP contribution in [0, 0.1) is 0 Å². The Morgan fingerprint density at radius 3 is 2.77 bits per heavy atom. The zero-order valence-electron chi connectivity index (χ0n) is 12.0. The molecule has 1 aliphatic rings. The maximum absolute atomic E-state index is 6.00. The van der Waals surface area contributed by atoms with Crippen LogP contribution in [0.1, 0.15) is 11.3 Å². The molecule has 2 aromatic heterocycles. The zero-order chi connectivity index (χ0) is 14.9. The van der Waals surface area contributed by atoms with Crippen LogP contribution in [-0.4, -0.2) is 21.3 Å². The SMILES string of the molecule is Clc1ccc(-n2nc(-c3cccnc3)c3c2CCNC3)cc1. The smallest absolute Gasteiger partial charge is 0.0990 e. The van der Waals surface area contributed by atoms with Crippen molar-refractivity contribution in [2.45, 2.75) is 13.0 Å². The molecule has 0 unspecified atom stereocenters. The fourth-order valence-corrected chi connectivity index (χ4v) is 3.00. The molecule has 3 heterocycles. The van der Waals surface area contributed by atoms with Crippen LogP contribution in [0.2, 0.25) is 5.02 Å². The van der Waals surface area contributed by atoms with Crippen molar-refractivity contribution in [1.82, 2.24) is 20.1 Å². The fourth-order valence-electron chi connectivity index (χ4n) is 2.88. The monoisotopic (exact) mass is 310 g/mol. The van der Waals surface area contributed by atoms with Crippen molar-refractivity contribution in [1.29, 1.82) is 0 Å². The first kappa shape index (κ1) is 13.5. The van der Waals surface area contributed by atoms with Crippen molar-refractivity contribution in [3.05, 3.63) is 65.1 Å². The Kier molecular flexibility index (Phi) is 3.41. The number of pyridine rings is 1. The van der Waals surface area contributed by atoms with Crippen molar-refractivity contribution in [2.24, 2.45) is 0 Å². The van der Waals surface area contributed by atoms with E-state index >= 15 is 0 Å². The maximum atomic E-state index is 6.00. The van der Waals surface area contributed by atoms with E-state index < -0.39 is 0 Å². The maximum Gasteiger partial charge on any atom is 0.0990 e. The summed E-state index contributed by atoms with van der Waals surface area (Å²) in [5.41, 5.74) is 5.62. The molecule has 0 bridgehead atoms. The molecular formula is C17H15ClN4. The van der Waals surface area contributed by atoms with Crippen LogP contribution in [0.25, 0.3) is 16.9 Å². The minimum atomic E-state index is 0.735. The van der Waals surface area contributed by atoms with E-state index in [0.29, 0.717) is 0 Å². The molecule has 4 nitrogen and oxygen atoms in total. The Bertz CT molecular complexity index is 794. The summed E-state index contributed by atoms with van der Waals surface area (Å²) in [5, 5.41) is 9.02. The Morgan fingerprint density at radius 2 is 2.00 bits per heavy atom. The first-order valence-corrected chi connectivity index (χ1v) is 7.68. The summed E-state index contributed by atoms with van der Waals surface area (Å²) < 4.78 is 2.04. The molecule has 0 saturated carbocycles. The van der Waals surface area contributed by atoms with Gasteiger partial charge in [-0.15, -0.1) is 0 Å². The molecular weight excluding hydrogens is 296 g/mol. The highest BCUT2D eigenvalue weighted by Gasteiger charge is 2.22. The lowest BCUT2D eigenvalue weighted by molar-refractivity contribution is 0.623. The van der Waals surface area contributed by atoms with Gasteiger partial charge in [-0.3, -0.25) is 4.98 Å². The summed E-state index contributed by atoms with van der Waals surface area (Å²) in [5.74, 6) is 0. The van der Waals surface area contributed by atoms with Crippen LogP contribution < -0.4 is 5.32 Å². The lowest BCUT2D eigenvalue weighted by Crippen LogP contribution is -2.24. The molecule has 0 spiro atoms. The van der Waals surface area contributed by atoms with E-state index in [1.165, 1.54) is 11.3 Å². The third-order valence-electron chi connectivity index (χ3n) is 3.94. The van der Waals surface area contributed by atoms with Crippen LogP contribution >= 0.6 is 11.6 Å². The largest absolute Gasteiger partial charge is 0.312 e. The van der Waals surface area contributed by atoms with Gasteiger partial charge in [0.1, 0.15) is 0 Å². The van der Waals surface area contributed by atoms with Crippen molar-refractivity contribution in [3.63, 3.8) is 0 Å². The summed E-state index contributed by atoms with van der Waals surface area (Å²) in [6.07, 6.45) is 4.61. The van der Waals surface area contributed by atoms with Crippen LogP contribution in [0.15, 0.2) is 48.8 Å². The van der Waals surface area contributed by atoms with Gasteiger partial charge in [-0.25, -0.2) is 4.68 Å². The second-order valence-electron chi connectivity index (χ2n) is 5.33. The van der Waals surface area contributed by atoms with E-state index in [4.69, 9.17) is 16.7 Å². The van der Waals surface area contributed by atoms with Gasteiger partial charge >= 0.3 is 0 Å². The number of halogens is 1. The standard InChI is InChI=1S/C17H15ClN4/c18-13-3-5-14(6-4-13)22-16-7-9-20-11-15(16)17(21-22)12-2-1-8-19-10-12/h1-6,8,10,20H,7,9,11H2. The molecule has 0 aliphatic carbocycles. The predicted molar refractivity (Wildman–Crippen MR) is 87.2 cm³/mol. The van der Waals surface area contributed by atoms with E-state index in [2.05, 4.69) is 16.4 Å². The molecule has 1 N–H and O–H groups in total. The quantitative estimate of drug-likeness (QED) is 0.790. The third kappa shape index (κ3) is 2.30. The molecule has 22 heavy (non-hydrogen) atoms. The van der Waals surface area contributed by atoms with Gasteiger partial charge in [-0.1, -0.05) is 11.6 Å². The summed E-state index contributed by atoms with van der Waals surface area (Å²) in [6, 6.07) is 11.8. The van der Waals surface area contributed by atoms with Gasteiger partial charge in [0.15, 0.2) is 0 Å². The van der Waals surface area contributed by atoms with Gasteiger partial charge < -0.3 is 5.32 Å². The Balaban J connectivity index is 1.89. The fraction of sp³-hybridized carbons (Fsp3) is 0.176. The Morgan fingerprint density at radius 1 is 1.14 bits per heavy atom. The number of hydrogen-bond acceptors (Lipinski definition) is 3. The zero-order valence-corrected chi connectivity index (χ0v) is 12.7. The highest BCUT2D eigenvalue weighted by molar-refractivity contribution is 6.30. The van der Waals surface area contributed by atoms with Gasteiger partial charge in [-0.2, -0.15) is 5.10 Å². The molecule has 0 saturated heterocycles. The normalized spacial score (nSPS) is 13.9. The summed E-state index contributed by atoms with van der Waals surface area (Å²) in [7, 11) is 0. The molecule has 5 heteroatoms. The van der Waals surface area contributed by atoms with Crippen molar-refractivity contribution in [3.8, 4) is 16.9 Å². The van der Waals surface area contributed by atoms with Gasteiger partial charge in [0.2, 0.25) is 0 Å². The number of nitrogens with one attached hydrogen (secondary N) is 1. The molecule has 1 aliphatic heterocycles. The summed E-state index contributed by atoms with van der Waals surface area (Å²) in [6.45, 7) is 1.81. The van der Waals surface area contributed by atoms with Gasteiger partial charge in [-0.05, 0) is 36.4 Å². The number of rotatable bonds is 2. The number of nitrogens with zero attached hydrogens (tertiary/aromatic N) is 3. The average Bonchev–Trinajstić information content (AvgIpc) is 2.96. The van der Waals surface area contributed by atoms with Gasteiger partial charge in [0.25, 0.3) is 0 Å². The average molecular weight is 311 g/mol. The van der Waals surface area contributed by atoms with E-state index in [-0.39, 0.29) is 0 Å². The van der Waals surface area contributed by atoms with E-state index in [0.717, 1.165) is 41.5 Å². The number of benzene rings is 1. The van der Waals surface area contributed by atoms with E-state index in [1.54, 1.807) is 6.20 Å². The summed E-state index contributed by atoms with van der Waals surface area (Å²) >= 11 is 6.00. The number of aromatic nitrogens is 3. The minimum Gasteiger partial charge on any atom is -0.312 e. The second-order valence-corrected chi connectivity index (χ2v) is 5.77. The van der Waals surface area contributed by atoms with E-state index in [1.807, 2.05) is 41.2 Å². The van der Waals surface area contributed by atoms with E-state index in [9.17, 15) is 0 Å². The molecule has 0 atom stereocenters. The second kappa shape index (κ2) is 5.55. The third-order valence-corrected chi connectivity index (χ3v) is 4.19. The van der Waals surface area contributed by atoms with Crippen molar-refractivity contribution in [2.75, 3.05) is 6.54 Å². The Hall–Kier alpha value is -2.17. The molecule has 0 radical (unpaired) electrons. The van der Waals surface area contributed by atoms with Crippen LogP contribution in [0.4, 0.5) is 0 Å². The topological polar surface area (TPSA) is 42.7 Å². The van der Waals surface area contributed by atoms with Crippen LogP contribution in [-0.2, 0) is 13.0 Å². The number of hydrogen-bond donors (Lipinski definition) is 1. The van der Waals surface area contributed by atoms with Crippen LogP contribution in [0.3, 0.4) is 0 Å². The Labute approximate surface area is 133 Å². The first-order chi connectivity index (χ1) is 10.8. The van der Waals surface area contributed by atoms with Gasteiger partial charge in [0.05, 0.1) is 17.1 Å². The lowest BCUT2D eigenvalue weighted by atomic mass is 10.0. The lowest BCUT2D eigenvalue weighted by Gasteiger charge is -2.15. The molecule has 4 rings (SSSR count). The van der Waals surface area contributed by atoms with Crippen molar-refractivity contribution < 1.29 is 0 Å². The molecule has 0 fully saturated rings. The molecule has 0 amide bonds. The minimum absolute atomic E-state index is 0.735. The molecule has 3 aromatic rings. The molecule has 110 valence electrons. The van der Waals surface area contributed by atoms with Gasteiger partial charge in [0, 0.05) is 48.1 Å².